The van der Waals surface area contributed by atoms with Crippen molar-refractivity contribution in [2.24, 2.45) is 0 Å². The molecule has 0 fully saturated rings. The van der Waals surface area contributed by atoms with Gasteiger partial charge in [-0.1, -0.05) is 32.0 Å². The normalized spacial score (nSPS) is 9.71. The average Bonchev–Trinajstić information content (AvgIpc) is 1.61. The Balaban J connectivity index is 2.68. The monoisotopic (exact) mass is 113 g/mol. The van der Waals surface area contributed by atoms with E-state index in [9.17, 15) is 0 Å². The Morgan fingerprint density at radius 2 is 2.00 bits per heavy atom. The standard InChI is InChI=1S/2C3H7.Al/c2*1-3-2;/h3H,1-2H3;1,3H2,2H3;. The van der Waals surface area contributed by atoms with Crippen LogP contribution in [0.1, 0.15) is 27.2 Å². The maximum atomic E-state index is 2.31. The molecule has 1 heteroatoms. The summed E-state index contributed by atoms with van der Waals surface area (Å²) in [5.74, 6) is 0. The lowest BCUT2D eigenvalue weighted by atomic mass is 10.5. The maximum absolute atomic E-state index is 2.31. The van der Waals surface area contributed by atoms with E-state index < -0.39 is 0 Å². The molecular formula is C6H14Al. The summed E-state index contributed by atoms with van der Waals surface area (Å²) < 4.78 is 0.986. The van der Waals surface area contributed by atoms with Crippen LogP contribution >= 0.6 is 0 Å². The van der Waals surface area contributed by atoms with E-state index in [0.717, 1.165) is 20.0 Å². The van der Waals surface area contributed by atoms with Crippen molar-refractivity contribution in [3.63, 3.8) is 0 Å². The van der Waals surface area contributed by atoms with Gasteiger partial charge in [0, 0.05) is 0 Å². The molecule has 0 nitrogen and oxygen atoms in total. The van der Waals surface area contributed by atoms with Gasteiger partial charge in [0.15, 0.2) is 0 Å². The Kier molecular flexibility index (Phi) is 5.04. The largest absolute Gasteiger partial charge is 0.204 e. The molecule has 0 bridgehead atoms. The van der Waals surface area contributed by atoms with Crippen molar-refractivity contribution < 1.29 is 0 Å². The van der Waals surface area contributed by atoms with E-state index in [1.54, 1.807) is 0 Å². The quantitative estimate of drug-likeness (QED) is 0.493. The number of hydrogen-bond acceptors (Lipinski definition) is 0. The molecule has 0 rings (SSSR count). The molecule has 0 aromatic heterocycles. The van der Waals surface area contributed by atoms with Gasteiger partial charge in [0.25, 0.3) is 0 Å². The zero-order valence-electron chi connectivity index (χ0n) is 5.57. The van der Waals surface area contributed by atoms with Gasteiger partial charge < -0.3 is 0 Å². The first-order valence-corrected chi connectivity index (χ1v) is 4.59. The first-order chi connectivity index (χ1) is 3.27. The predicted molar refractivity (Wildman–Crippen MR) is 35.9 cm³/mol. The minimum atomic E-state index is 0.767. The summed E-state index contributed by atoms with van der Waals surface area (Å²) >= 11 is 0.767. The molecule has 0 spiro atoms. The molecule has 41 valence electrons. The fourth-order valence-electron chi connectivity index (χ4n) is 0.500. The lowest BCUT2D eigenvalue weighted by molar-refractivity contribution is 1.00. The van der Waals surface area contributed by atoms with Crippen LogP contribution in [0.5, 0.6) is 0 Å². The Labute approximate surface area is 53.0 Å². The summed E-state index contributed by atoms with van der Waals surface area (Å²) in [6.45, 7) is 6.88. The third-order valence-corrected chi connectivity index (χ3v) is 2.78. The van der Waals surface area contributed by atoms with Gasteiger partial charge >= 0.3 is 0 Å². The first kappa shape index (κ1) is 7.53. The third-order valence-electron chi connectivity index (χ3n) is 0.927. The zero-order chi connectivity index (χ0) is 5.70. The Morgan fingerprint density at radius 3 is 2.14 bits per heavy atom. The van der Waals surface area contributed by atoms with Crippen molar-refractivity contribution >= 4 is 15.2 Å². The number of hydrogen-bond donors (Lipinski definition) is 0. The second-order valence-corrected chi connectivity index (χ2v) is 4.65. The van der Waals surface area contributed by atoms with Crippen molar-refractivity contribution in [2.45, 2.75) is 37.3 Å². The van der Waals surface area contributed by atoms with Crippen LogP contribution in [0.15, 0.2) is 0 Å². The summed E-state index contributed by atoms with van der Waals surface area (Å²) in [6.07, 6.45) is 1.38. The van der Waals surface area contributed by atoms with Crippen LogP contribution in [-0.2, 0) is 0 Å². The molecule has 0 amide bonds. The molecule has 0 saturated carbocycles. The molecule has 0 aliphatic carbocycles. The highest BCUT2D eigenvalue weighted by Crippen LogP contribution is 2.00. The maximum Gasteiger partial charge on any atom is 0.204 e. The molecule has 0 unspecified atom stereocenters. The molecule has 1 radical (unpaired) electrons. The first-order valence-electron chi connectivity index (χ1n) is 3.10. The van der Waals surface area contributed by atoms with Crippen LogP contribution in [0.3, 0.4) is 0 Å². The molecular weight excluding hydrogens is 99.0 g/mol. The molecule has 0 aliphatic rings. The van der Waals surface area contributed by atoms with E-state index in [2.05, 4.69) is 20.8 Å². The highest BCUT2D eigenvalue weighted by Gasteiger charge is 1.93. The highest BCUT2D eigenvalue weighted by molar-refractivity contribution is 6.37. The molecule has 0 aromatic rings. The fourth-order valence-corrected chi connectivity index (χ4v) is 1.50. The highest BCUT2D eigenvalue weighted by atomic mass is 27.1. The molecule has 0 atom stereocenters. The summed E-state index contributed by atoms with van der Waals surface area (Å²) in [5, 5.41) is 1.48. The molecule has 0 aliphatic heterocycles. The summed E-state index contributed by atoms with van der Waals surface area (Å²) in [4.78, 5) is 0. The summed E-state index contributed by atoms with van der Waals surface area (Å²) in [7, 11) is 0. The Bertz CT molecular complexity index is 33.2. The van der Waals surface area contributed by atoms with E-state index in [1.165, 1.54) is 11.7 Å². The summed E-state index contributed by atoms with van der Waals surface area (Å²) in [6, 6.07) is 0. The Morgan fingerprint density at radius 1 is 1.43 bits per heavy atom. The smallest absolute Gasteiger partial charge is 0.104 e. The van der Waals surface area contributed by atoms with Gasteiger partial charge in [-0.3, -0.25) is 0 Å². The van der Waals surface area contributed by atoms with Crippen molar-refractivity contribution in [2.75, 3.05) is 0 Å². The fraction of sp³-hybridized carbons (Fsp3) is 1.00. The second kappa shape index (κ2) is 4.69. The molecule has 0 N–H and O–H groups in total. The van der Waals surface area contributed by atoms with E-state index in [-0.39, 0.29) is 0 Å². The third kappa shape index (κ3) is 6.53. The van der Waals surface area contributed by atoms with Crippen LogP contribution in [0.2, 0.25) is 10.1 Å². The second-order valence-electron chi connectivity index (χ2n) is 2.27. The minimum absolute atomic E-state index is 0.767. The Hall–Kier alpha value is 0.532. The van der Waals surface area contributed by atoms with Crippen molar-refractivity contribution in [3.05, 3.63) is 0 Å². The molecule has 0 aromatic carbocycles. The lowest BCUT2D eigenvalue weighted by Gasteiger charge is -1.95. The molecule has 0 saturated heterocycles. The van der Waals surface area contributed by atoms with E-state index in [4.69, 9.17) is 0 Å². The molecule has 7 heavy (non-hydrogen) atoms. The van der Waals surface area contributed by atoms with Crippen molar-refractivity contribution in [1.82, 2.24) is 0 Å². The van der Waals surface area contributed by atoms with E-state index >= 15 is 0 Å². The zero-order valence-corrected chi connectivity index (χ0v) is 6.72. The van der Waals surface area contributed by atoms with Crippen LogP contribution in [-0.4, -0.2) is 15.2 Å². The lowest BCUT2D eigenvalue weighted by Crippen LogP contribution is -1.91. The van der Waals surface area contributed by atoms with Crippen LogP contribution in [0.25, 0.3) is 0 Å². The van der Waals surface area contributed by atoms with Crippen LogP contribution in [0.4, 0.5) is 0 Å². The van der Waals surface area contributed by atoms with Crippen molar-refractivity contribution in [3.8, 4) is 0 Å². The predicted octanol–water partition coefficient (Wildman–Crippen LogP) is 2.35. The minimum Gasteiger partial charge on any atom is -0.104 e. The van der Waals surface area contributed by atoms with Crippen LogP contribution < -0.4 is 0 Å². The topological polar surface area (TPSA) is 0 Å². The van der Waals surface area contributed by atoms with Crippen molar-refractivity contribution in [1.29, 1.82) is 0 Å². The van der Waals surface area contributed by atoms with E-state index in [1.807, 2.05) is 0 Å². The number of rotatable bonds is 3. The van der Waals surface area contributed by atoms with E-state index in [0.29, 0.717) is 0 Å². The SMILES string of the molecule is CC[CH2][Al][CH](C)C. The van der Waals surface area contributed by atoms with Gasteiger partial charge in [0.2, 0.25) is 15.2 Å². The van der Waals surface area contributed by atoms with Gasteiger partial charge in [-0.25, -0.2) is 0 Å². The van der Waals surface area contributed by atoms with Gasteiger partial charge in [-0.15, -0.1) is 5.28 Å². The molecule has 0 heterocycles. The average molecular weight is 113 g/mol. The van der Waals surface area contributed by atoms with Gasteiger partial charge in [-0.05, 0) is 0 Å². The van der Waals surface area contributed by atoms with Gasteiger partial charge in [0.05, 0.1) is 0 Å². The van der Waals surface area contributed by atoms with Crippen LogP contribution in [0, 0.1) is 0 Å². The summed E-state index contributed by atoms with van der Waals surface area (Å²) in [5.41, 5.74) is 0. The van der Waals surface area contributed by atoms with Gasteiger partial charge in [0.1, 0.15) is 0 Å². The van der Waals surface area contributed by atoms with Gasteiger partial charge in [-0.2, -0.15) is 0 Å².